The standard InChI is InChI=1S/C19H29N3O4S/c1-4-12-27(25,26)22-11-7-9-17(14-22)19(24)20-18-10-6-5-8-16(18)13-21(3)15(2)23/h5-6,8,10,17H,4,7,9,11-14H2,1-3H3,(H,20,24). The van der Waals surface area contributed by atoms with Crippen molar-refractivity contribution in [1.82, 2.24) is 9.21 Å². The van der Waals surface area contributed by atoms with Gasteiger partial charge in [-0.15, -0.1) is 0 Å². The molecule has 1 aromatic rings. The molecule has 1 atom stereocenters. The van der Waals surface area contributed by atoms with Gasteiger partial charge in [0.25, 0.3) is 0 Å². The maximum Gasteiger partial charge on any atom is 0.228 e. The molecule has 8 heteroatoms. The van der Waals surface area contributed by atoms with Gasteiger partial charge in [0, 0.05) is 39.3 Å². The molecule has 1 unspecified atom stereocenters. The minimum Gasteiger partial charge on any atom is -0.342 e. The van der Waals surface area contributed by atoms with Gasteiger partial charge in [-0.2, -0.15) is 0 Å². The summed E-state index contributed by atoms with van der Waals surface area (Å²) in [7, 11) is -1.59. The molecule has 2 rings (SSSR count). The molecule has 1 heterocycles. The van der Waals surface area contributed by atoms with Crippen LogP contribution in [0.25, 0.3) is 0 Å². The molecule has 1 fully saturated rings. The van der Waals surface area contributed by atoms with Gasteiger partial charge >= 0.3 is 0 Å². The lowest BCUT2D eigenvalue weighted by Crippen LogP contribution is -2.44. The van der Waals surface area contributed by atoms with E-state index in [1.807, 2.05) is 25.1 Å². The van der Waals surface area contributed by atoms with E-state index in [1.54, 1.807) is 18.0 Å². The lowest BCUT2D eigenvalue weighted by Gasteiger charge is -2.31. The van der Waals surface area contributed by atoms with Crippen LogP contribution in [-0.4, -0.2) is 55.3 Å². The number of amides is 2. The summed E-state index contributed by atoms with van der Waals surface area (Å²) in [6.45, 7) is 4.43. The van der Waals surface area contributed by atoms with E-state index >= 15 is 0 Å². The van der Waals surface area contributed by atoms with E-state index in [0.717, 1.165) is 5.56 Å². The van der Waals surface area contributed by atoms with Crippen LogP contribution >= 0.6 is 0 Å². The zero-order valence-corrected chi connectivity index (χ0v) is 17.1. The predicted octanol–water partition coefficient (Wildman–Crippen LogP) is 2.06. The summed E-state index contributed by atoms with van der Waals surface area (Å²) in [6, 6.07) is 7.36. The molecule has 0 saturated carbocycles. The predicted molar refractivity (Wildman–Crippen MR) is 106 cm³/mol. The third kappa shape index (κ3) is 5.77. The summed E-state index contributed by atoms with van der Waals surface area (Å²) in [6.07, 6.45) is 1.90. The molecular weight excluding hydrogens is 366 g/mol. The van der Waals surface area contributed by atoms with Gasteiger partial charge in [0.05, 0.1) is 11.7 Å². The van der Waals surface area contributed by atoms with E-state index in [4.69, 9.17) is 0 Å². The Hall–Kier alpha value is -1.93. The average molecular weight is 396 g/mol. The fourth-order valence-electron chi connectivity index (χ4n) is 3.18. The number of rotatable bonds is 7. The SMILES string of the molecule is CCCS(=O)(=O)N1CCCC(C(=O)Nc2ccccc2CN(C)C(C)=O)C1. The molecule has 27 heavy (non-hydrogen) atoms. The number of carbonyl (C=O) groups is 2. The quantitative estimate of drug-likeness (QED) is 0.766. The molecule has 0 radical (unpaired) electrons. The zero-order valence-electron chi connectivity index (χ0n) is 16.3. The van der Waals surface area contributed by atoms with Crippen LogP contribution < -0.4 is 5.32 Å². The highest BCUT2D eigenvalue weighted by atomic mass is 32.2. The molecule has 2 amide bonds. The van der Waals surface area contributed by atoms with Crippen LogP contribution in [-0.2, 0) is 26.2 Å². The molecule has 7 nitrogen and oxygen atoms in total. The van der Waals surface area contributed by atoms with Crippen molar-refractivity contribution >= 4 is 27.5 Å². The highest BCUT2D eigenvalue weighted by Crippen LogP contribution is 2.23. The van der Waals surface area contributed by atoms with Gasteiger partial charge in [-0.05, 0) is 30.9 Å². The summed E-state index contributed by atoms with van der Waals surface area (Å²) in [5, 5.41) is 2.93. The number of anilines is 1. The van der Waals surface area contributed by atoms with E-state index in [-0.39, 0.29) is 30.0 Å². The summed E-state index contributed by atoms with van der Waals surface area (Å²) >= 11 is 0. The molecule has 0 spiro atoms. The van der Waals surface area contributed by atoms with Crippen molar-refractivity contribution in [3.05, 3.63) is 29.8 Å². The van der Waals surface area contributed by atoms with E-state index in [0.29, 0.717) is 38.0 Å². The first-order valence-electron chi connectivity index (χ1n) is 9.33. The lowest BCUT2D eigenvalue weighted by molar-refractivity contribution is -0.128. The van der Waals surface area contributed by atoms with Crippen LogP contribution in [0.15, 0.2) is 24.3 Å². The number of piperidine rings is 1. The molecule has 1 aliphatic rings. The second-order valence-corrected chi connectivity index (χ2v) is 9.12. The zero-order chi connectivity index (χ0) is 20.0. The molecule has 150 valence electrons. The summed E-state index contributed by atoms with van der Waals surface area (Å²) < 4.78 is 26.1. The summed E-state index contributed by atoms with van der Waals surface area (Å²) in [5.41, 5.74) is 1.50. The van der Waals surface area contributed by atoms with Crippen LogP contribution in [0.4, 0.5) is 5.69 Å². The smallest absolute Gasteiger partial charge is 0.228 e. The number of hydrogen-bond acceptors (Lipinski definition) is 4. The van der Waals surface area contributed by atoms with E-state index in [1.165, 1.54) is 11.2 Å². The van der Waals surface area contributed by atoms with Crippen molar-refractivity contribution in [1.29, 1.82) is 0 Å². The van der Waals surface area contributed by atoms with Crippen molar-refractivity contribution < 1.29 is 18.0 Å². The van der Waals surface area contributed by atoms with Crippen molar-refractivity contribution in [3.63, 3.8) is 0 Å². The van der Waals surface area contributed by atoms with Gasteiger partial charge in [0.2, 0.25) is 21.8 Å². The minimum absolute atomic E-state index is 0.0554. The first-order chi connectivity index (χ1) is 12.7. The topological polar surface area (TPSA) is 86.8 Å². The third-order valence-corrected chi connectivity index (χ3v) is 6.87. The Balaban J connectivity index is 2.08. The molecule has 1 aliphatic heterocycles. The lowest BCUT2D eigenvalue weighted by atomic mass is 9.98. The van der Waals surface area contributed by atoms with Crippen LogP contribution in [0.3, 0.4) is 0 Å². The van der Waals surface area contributed by atoms with Crippen LogP contribution in [0.1, 0.15) is 38.7 Å². The molecule has 0 bridgehead atoms. The molecular formula is C19H29N3O4S. The van der Waals surface area contributed by atoms with Gasteiger partial charge in [0.1, 0.15) is 0 Å². The van der Waals surface area contributed by atoms with Gasteiger partial charge < -0.3 is 10.2 Å². The summed E-state index contributed by atoms with van der Waals surface area (Å²) in [5.74, 6) is -0.491. The Bertz CT molecular complexity index is 779. The maximum absolute atomic E-state index is 12.8. The summed E-state index contributed by atoms with van der Waals surface area (Å²) in [4.78, 5) is 25.8. The number of para-hydroxylation sites is 1. The number of nitrogens with one attached hydrogen (secondary N) is 1. The van der Waals surface area contributed by atoms with Crippen LogP contribution in [0.2, 0.25) is 0 Å². The molecule has 1 saturated heterocycles. The highest BCUT2D eigenvalue weighted by Gasteiger charge is 2.32. The van der Waals surface area contributed by atoms with Crippen molar-refractivity contribution in [2.45, 2.75) is 39.7 Å². The monoisotopic (exact) mass is 395 g/mol. The Morgan fingerprint density at radius 3 is 2.67 bits per heavy atom. The first-order valence-corrected chi connectivity index (χ1v) is 10.9. The van der Waals surface area contributed by atoms with E-state index < -0.39 is 10.0 Å². The van der Waals surface area contributed by atoms with E-state index in [2.05, 4.69) is 5.32 Å². The Labute approximate surface area is 161 Å². The fraction of sp³-hybridized carbons (Fsp3) is 0.579. The number of hydrogen-bond donors (Lipinski definition) is 1. The van der Waals surface area contributed by atoms with Crippen molar-refractivity contribution in [3.8, 4) is 0 Å². The van der Waals surface area contributed by atoms with Crippen LogP contribution in [0.5, 0.6) is 0 Å². The van der Waals surface area contributed by atoms with Gasteiger partial charge in [-0.3, -0.25) is 9.59 Å². The maximum atomic E-state index is 12.8. The Morgan fingerprint density at radius 1 is 1.30 bits per heavy atom. The number of sulfonamides is 1. The molecule has 1 aromatic carbocycles. The van der Waals surface area contributed by atoms with E-state index in [9.17, 15) is 18.0 Å². The molecule has 0 aliphatic carbocycles. The van der Waals surface area contributed by atoms with Crippen molar-refractivity contribution in [2.24, 2.45) is 5.92 Å². The van der Waals surface area contributed by atoms with Crippen LogP contribution in [0, 0.1) is 5.92 Å². The van der Waals surface area contributed by atoms with Crippen molar-refractivity contribution in [2.75, 3.05) is 31.2 Å². The van der Waals surface area contributed by atoms with Gasteiger partial charge in [0.15, 0.2) is 0 Å². The van der Waals surface area contributed by atoms with Gasteiger partial charge in [-0.25, -0.2) is 12.7 Å². The minimum atomic E-state index is -3.30. The fourth-order valence-corrected chi connectivity index (χ4v) is 4.77. The Kier molecular flexibility index (Phi) is 7.38. The first kappa shape index (κ1) is 21.4. The second-order valence-electron chi connectivity index (χ2n) is 7.03. The average Bonchev–Trinajstić information content (AvgIpc) is 2.63. The largest absolute Gasteiger partial charge is 0.342 e. The van der Waals surface area contributed by atoms with Gasteiger partial charge in [-0.1, -0.05) is 25.1 Å². The number of nitrogens with zero attached hydrogens (tertiary/aromatic N) is 2. The molecule has 0 aromatic heterocycles. The third-order valence-electron chi connectivity index (χ3n) is 4.83. The number of carbonyl (C=O) groups excluding carboxylic acids is 2. The second kappa shape index (κ2) is 9.32. The number of benzene rings is 1. The molecule has 1 N–H and O–H groups in total. The Morgan fingerprint density at radius 2 is 2.00 bits per heavy atom. The highest BCUT2D eigenvalue weighted by molar-refractivity contribution is 7.89. The normalized spacial score (nSPS) is 18.1.